The lowest BCUT2D eigenvalue weighted by atomic mass is 9.81. The van der Waals surface area contributed by atoms with E-state index in [0.717, 1.165) is 33.4 Å². The van der Waals surface area contributed by atoms with E-state index in [0.29, 0.717) is 17.9 Å². The van der Waals surface area contributed by atoms with E-state index in [9.17, 15) is 39.6 Å². The molecule has 0 atom stereocenters. The second-order valence-electron chi connectivity index (χ2n) is 10.7. The van der Waals surface area contributed by atoms with E-state index in [1.807, 2.05) is 24.3 Å². The quantitative estimate of drug-likeness (QED) is 0.101. The van der Waals surface area contributed by atoms with Crippen molar-refractivity contribution in [1.82, 2.24) is 0 Å². The molecule has 0 saturated heterocycles. The molecule has 0 fully saturated rings. The number of carboxylic acid groups (broad SMARTS) is 4. The lowest BCUT2D eigenvalue weighted by Crippen LogP contribution is -2.09. The Morgan fingerprint density at radius 1 is 0.354 bits per heavy atom. The summed E-state index contributed by atoms with van der Waals surface area (Å²) in [5.74, 6) is -5.19. The molecule has 5 aromatic rings. The van der Waals surface area contributed by atoms with Gasteiger partial charge in [-0.1, -0.05) is 48.5 Å². The molecule has 12 heteroatoms. The van der Waals surface area contributed by atoms with Crippen LogP contribution < -0.4 is 0 Å². The van der Waals surface area contributed by atoms with Crippen LogP contribution >= 0.6 is 63.7 Å². The maximum Gasteiger partial charge on any atom is 0.336 e. The number of carboxylic acids is 4. The van der Waals surface area contributed by atoms with E-state index < -0.39 is 35.7 Å². The molecule has 0 amide bonds. The molecule has 0 heterocycles. The summed E-state index contributed by atoms with van der Waals surface area (Å²) in [6.07, 6.45) is 0. The van der Waals surface area contributed by atoms with Gasteiger partial charge in [0.2, 0.25) is 0 Å². The second-order valence-corrected chi connectivity index (χ2v) is 14.1. The van der Waals surface area contributed by atoms with Crippen LogP contribution in [0.25, 0.3) is 0 Å². The van der Waals surface area contributed by atoms with Crippen molar-refractivity contribution in [3.8, 4) is 0 Å². The average molecular weight is 902 g/mol. The number of rotatable bonds is 10. The van der Waals surface area contributed by atoms with Gasteiger partial charge in [0.15, 0.2) is 0 Å². The highest BCUT2D eigenvalue weighted by Crippen LogP contribution is 2.40. The van der Waals surface area contributed by atoms with Crippen molar-refractivity contribution in [3.05, 3.63) is 171 Å². The topological polar surface area (TPSA) is 149 Å². The third-order valence-corrected chi connectivity index (χ3v) is 10.5. The first kappa shape index (κ1) is 35.2. The fourth-order valence-corrected chi connectivity index (χ4v) is 7.84. The summed E-state index contributed by atoms with van der Waals surface area (Å²) in [5, 5.41) is 38.3. The molecule has 8 nitrogen and oxygen atoms in total. The average Bonchev–Trinajstić information content (AvgIpc) is 3.01. The first-order chi connectivity index (χ1) is 22.8. The van der Waals surface area contributed by atoms with Crippen LogP contribution in [0.15, 0.2) is 115 Å². The Kier molecular flexibility index (Phi) is 10.7. The Bertz CT molecular complexity index is 1830. The third-order valence-electron chi connectivity index (χ3n) is 7.83. The van der Waals surface area contributed by atoms with E-state index >= 15 is 0 Å². The number of carbonyl (C=O) groups is 4. The molecule has 0 bridgehead atoms. The van der Waals surface area contributed by atoms with E-state index in [1.165, 1.54) is 24.3 Å². The molecular formula is C36H22Br4O8. The summed E-state index contributed by atoms with van der Waals surface area (Å²) in [6.45, 7) is 0. The van der Waals surface area contributed by atoms with Crippen molar-refractivity contribution in [2.45, 2.75) is 11.8 Å². The molecule has 0 saturated carbocycles. The van der Waals surface area contributed by atoms with Crippen molar-refractivity contribution in [2.24, 2.45) is 0 Å². The highest BCUT2D eigenvalue weighted by atomic mass is 79.9. The largest absolute Gasteiger partial charge is 0.478 e. The Hall–Kier alpha value is -4.10. The van der Waals surface area contributed by atoms with Gasteiger partial charge in [0.05, 0.1) is 22.3 Å². The van der Waals surface area contributed by atoms with Crippen LogP contribution in [-0.2, 0) is 0 Å². The molecule has 0 radical (unpaired) electrons. The number of aromatic carboxylic acids is 4. The second kappa shape index (κ2) is 14.6. The molecule has 0 aliphatic carbocycles. The fourth-order valence-electron chi connectivity index (χ4n) is 5.57. The van der Waals surface area contributed by atoms with Gasteiger partial charge in [-0.2, -0.15) is 0 Å². The Balaban J connectivity index is 1.66. The van der Waals surface area contributed by atoms with Gasteiger partial charge in [-0.25, -0.2) is 19.2 Å². The van der Waals surface area contributed by atoms with Crippen LogP contribution in [0.1, 0.15) is 86.6 Å². The first-order valence-corrected chi connectivity index (χ1v) is 17.1. The molecule has 242 valence electrons. The summed E-state index contributed by atoms with van der Waals surface area (Å²) in [6, 6.07) is 27.5. The molecule has 48 heavy (non-hydrogen) atoms. The third kappa shape index (κ3) is 7.31. The zero-order valence-electron chi connectivity index (χ0n) is 24.3. The van der Waals surface area contributed by atoms with E-state index in [-0.39, 0.29) is 22.3 Å². The van der Waals surface area contributed by atoms with Gasteiger partial charge in [-0.3, -0.25) is 0 Å². The molecule has 0 aromatic heterocycles. The summed E-state index contributed by atoms with van der Waals surface area (Å²) in [4.78, 5) is 46.9. The summed E-state index contributed by atoms with van der Waals surface area (Å²) in [7, 11) is 0. The maximum atomic E-state index is 11.7. The van der Waals surface area contributed by atoms with Crippen LogP contribution in [0.5, 0.6) is 0 Å². The predicted octanol–water partition coefficient (Wildman–Crippen LogP) is 9.89. The summed E-state index contributed by atoms with van der Waals surface area (Å²) < 4.78 is 1.56. The molecule has 5 rings (SSSR count). The molecule has 4 N–H and O–H groups in total. The van der Waals surface area contributed by atoms with Crippen molar-refractivity contribution >= 4 is 87.6 Å². The van der Waals surface area contributed by atoms with Gasteiger partial charge >= 0.3 is 23.9 Å². The fraction of sp³-hybridized carbons (Fsp3) is 0.0556. The highest BCUT2D eigenvalue weighted by Gasteiger charge is 2.24. The maximum absolute atomic E-state index is 11.7. The number of halogens is 4. The van der Waals surface area contributed by atoms with E-state index in [2.05, 4.69) is 63.7 Å². The van der Waals surface area contributed by atoms with Crippen molar-refractivity contribution < 1.29 is 39.6 Å². The normalized spacial score (nSPS) is 11.1. The van der Waals surface area contributed by atoms with Crippen LogP contribution in [-0.4, -0.2) is 44.3 Å². The summed E-state index contributed by atoms with van der Waals surface area (Å²) >= 11 is 13.5. The smallest absolute Gasteiger partial charge is 0.336 e. The first-order valence-electron chi connectivity index (χ1n) is 14.0. The Morgan fingerprint density at radius 2 is 0.542 bits per heavy atom. The van der Waals surface area contributed by atoms with Gasteiger partial charge in [0.1, 0.15) is 0 Å². The van der Waals surface area contributed by atoms with Crippen LogP contribution in [0.2, 0.25) is 0 Å². The van der Waals surface area contributed by atoms with Gasteiger partial charge in [-0.15, -0.1) is 0 Å². The van der Waals surface area contributed by atoms with Crippen LogP contribution in [0, 0.1) is 0 Å². The van der Waals surface area contributed by atoms with Crippen LogP contribution in [0.3, 0.4) is 0 Å². The minimum atomic E-state index is -1.08. The predicted molar refractivity (Wildman–Crippen MR) is 193 cm³/mol. The lowest BCUT2D eigenvalue weighted by Gasteiger charge is -2.23. The monoisotopic (exact) mass is 898 g/mol. The van der Waals surface area contributed by atoms with Gasteiger partial charge < -0.3 is 20.4 Å². The van der Waals surface area contributed by atoms with E-state index in [1.54, 1.807) is 48.5 Å². The zero-order chi connectivity index (χ0) is 34.9. The van der Waals surface area contributed by atoms with Crippen molar-refractivity contribution in [3.63, 3.8) is 0 Å². The number of hydrogen-bond donors (Lipinski definition) is 4. The number of benzene rings is 5. The molecule has 0 aliphatic heterocycles. The van der Waals surface area contributed by atoms with Crippen LogP contribution in [0.4, 0.5) is 0 Å². The van der Waals surface area contributed by atoms with E-state index in [4.69, 9.17) is 0 Å². The standard InChI is InChI=1S/C36H22Br4O8/c37-27-13-19(5-9-23(27)33(41)42)31(20-6-10-24(34(43)44)28(38)14-20)17-1-2-18(4-3-17)32(21-7-11-25(35(45)46)29(39)15-21)22-8-12-26(36(47)48)30(40)16-22/h1-16,31-32H,(H,41,42)(H,43,44)(H,45,46)(H,47,48). The molecule has 0 unspecified atom stereocenters. The molecule has 0 aliphatic rings. The minimum Gasteiger partial charge on any atom is -0.478 e. The minimum absolute atomic E-state index is 0.0956. The highest BCUT2D eigenvalue weighted by molar-refractivity contribution is 9.11. The Labute approximate surface area is 307 Å². The lowest BCUT2D eigenvalue weighted by molar-refractivity contribution is 0.0685. The molecule has 0 spiro atoms. The van der Waals surface area contributed by atoms with Crippen molar-refractivity contribution in [2.75, 3.05) is 0 Å². The molecular weight excluding hydrogens is 880 g/mol. The van der Waals surface area contributed by atoms with Crippen molar-refractivity contribution in [1.29, 1.82) is 0 Å². The van der Waals surface area contributed by atoms with Gasteiger partial charge in [0.25, 0.3) is 0 Å². The van der Waals surface area contributed by atoms with Gasteiger partial charge in [-0.05, 0) is 146 Å². The Morgan fingerprint density at radius 3 is 0.708 bits per heavy atom. The summed E-state index contributed by atoms with van der Waals surface area (Å²) in [5.41, 5.74) is 5.06. The SMILES string of the molecule is O=C(O)c1ccc(C(c2ccc(C(c3ccc(C(=O)O)c(Br)c3)c3ccc(C(=O)O)c(Br)c3)cc2)c2ccc(C(=O)O)c(Br)c2)cc1Br. The molecule has 5 aromatic carbocycles. The zero-order valence-corrected chi connectivity index (χ0v) is 30.7. The van der Waals surface area contributed by atoms with Gasteiger partial charge in [0, 0.05) is 29.7 Å². The number of hydrogen-bond acceptors (Lipinski definition) is 4.